The molecule has 1 fully saturated rings. The highest BCUT2D eigenvalue weighted by Gasteiger charge is 2.29. The van der Waals surface area contributed by atoms with E-state index in [9.17, 15) is 5.26 Å². The van der Waals surface area contributed by atoms with Gasteiger partial charge in [-0.1, -0.05) is 41.9 Å². The lowest BCUT2D eigenvalue weighted by Crippen LogP contribution is -2.46. The van der Waals surface area contributed by atoms with Crippen LogP contribution in [0.25, 0.3) is 11.4 Å². The molecule has 1 aromatic carbocycles. The number of rotatable bonds is 3. The van der Waals surface area contributed by atoms with Crippen molar-refractivity contribution in [3.63, 3.8) is 0 Å². The van der Waals surface area contributed by atoms with Gasteiger partial charge in [-0.3, -0.25) is 4.90 Å². The van der Waals surface area contributed by atoms with Gasteiger partial charge in [-0.05, 0) is 7.05 Å². The molecule has 1 aliphatic heterocycles. The maximum atomic E-state index is 9.72. The van der Waals surface area contributed by atoms with Crippen LogP contribution in [0.2, 0.25) is 5.15 Å². The summed E-state index contributed by atoms with van der Waals surface area (Å²) >= 11 is 6.40. The normalized spacial score (nSPS) is 17.8. The number of nitriles is 1. The lowest BCUT2D eigenvalue weighted by molar-refractivity contribution is 0.130. The van der Waals surface area contributed by atoms with Crippen molar-refractivity contribution in [1.82, 2.24) is 19.4 Å². The van der Waals surface area contributed by atoms with Gasteiger partial charge in [0.1, 0.15) is 11.9 Å². The van der Waals surface area contributed by atoms with Gasteiger partial charge in [0.05, 0.1) is 11.8 Å². The predicted molar refractivity (Wildman–Crippen MR) is 91.1 cm³/mol. The Morgan fingerprint density at radius 1 is 1.13 bits per heavy atom. The van der Waals surface area contributed by atoms with Gasteiger partial charge in [-0.2, -0.15) is 5.26 Å². The lowest BCUT2D eigenvalue weighted by Gasteiger charge is -2.35. The number of hydrogen-bond acceptors (Lipinski definition) is 4. The summed E-state index contributed by atoms with van der Waals surface area (Å²) in [5, 5.41) is 10.1. The molecule has 0 radical (unpaired) electrons. The minimum atomic E-state index is -0.369. The maximum absolute atomic E-state index is 9.72. The van der Waals surface area contributed by atoms with E-state index in [4.69, 9.17) is 11.6 Å². The highest BCUT2D eigenvalue weighted by Crippen LogP contribution is 2.31. The Morgan fingerprint density at radius 3 is 2.39 bits per heavy atom. The standard InChI is InChI=1S/C17H20ClN5/c1-21-8-10-23(11-9-21)14(12-19)15-16(18)20-17(22(15)2)13-6-4-3-5-7-13/h3-7,14H,8-11H2,1-2H3. The van der Waals surface area contributed by atoms with Gasteiger partial charge in [-0.25, -0.2) is 4.98 Å². The van der Waals surface area contributed by atoms with Gasteiger partial charge in [-0.15, -0.1) is 0 Å². The second kappa shape index (κ2) is 6.71. The summed E-state index contributed by atoms with van der Waals surface area (Å²) in [5.41, 5.74) is 1.77. The molecule has 2 heterocycles. The molecule has 1 aliphatic rings. The average Bonchev–Trinajstić information content (AvgIpc) is 2.86. The number of imidazole rings is 1. The zero-order chi connectivity index (χ0) is 16.4. The molecule has 6 heteroatoms. The summed E-state index contributed by atoms with van der Waals surface area (Å²) in [7, 11) is 4.03. The number of likely N-dealkylation sites (N-methyl/N-ethyl adjacent to an activating group) is 1. The first-order chi connectivity index (χ1) is 11.1. The third-order valence-electron chi connectivity index (χ3n) is 4.41. The van der Waals surface area contributed by atoms with Crippen molar-refractivity contribution in [3.05, 3.63) is 41.2 Å². The molecule has 0 spiro atoms. The number of hydrogen-bond donors (Lipinski definition) is 0. The third kappa shape index (κ3) is 3.11. The summed E-state index contributed by atoms with van der Waals surface area (Å²) in [4.78, 5) is 8.95. The zero-order valence-electron chi connectivity index (χ0n) is 13.4. The van der Waals surface area contributed by atoms with Gasteiger partial charge in [0.2, 0.25) is 0 Å². The van der Waals surface area contributed by atoms with Crippen LogP contribution < -0.4 is 0 Å². The second-order valence-corrected chi connectivity index (χ2v) is 6.27. The van der Waals surface area contributed by atoms with Crippen LogP contribution in [0.1, 0.15) is 11.7 Å². The van der Waals surface area contributed by atoms with E-state index in [1.54, 1.807) is 0 Å². The molecular weight excluding hydrogens is 310 g/mol. The predicted octanol–water partition coefficient (Wildman–Crippen LogP) is 2.55. The Kier molecular flexibility index (Phi) is 4.67. The molecule has 1 saturated heterocycles. The SMILES string of the molecule is CN1CCN(C(C#N)c2c(Cl)nc(-c3ccccc3)n2C)CC1. The first kappa shape index (κ1) is 16.0. The number of nitrogens with zero attached hydrogens (tertiary/aromatic N) is 5. The second-order valence-electron chi connectivity index (χ2n) is 5.91. The summed E-state index contributed by atoms with van der Waals surface area (Å²) in [5.74, 6) is 0.792. The van der Waals surface area contributed by atoms with E-state index in [1.807, 2.05) is 41.9 Å². The molecule has 0 N–H and O–H groups in total. The molecule has 0 aliphatic carbocycles. The van der Waals surface area contributed by atoms with Crippen LogP contribution in [0.4, 0.5) is 0 Å². The topological polar surface area (TPSA) is 48.1 Å². The molecule has 3 rings (SSSR count). The minimum absolute atomic E-state index is 0.369. The molecule has 0 amide bonds. The number of aromatic nitrogens is 2. The smallest absolute Gasteiger partial charge is 0.153 e. The highest BCUT2D eigenvalue weighted by molar-refractivity contribution is 6.30. The summed E-state index contributed by atoms with van der Waals surface area (Å²) in [6.07, 6.45) is 0. The van der Waals surface area contributed by atoms with Crippen molar-refractivity contribution in [1.29, 1.82) is 5.26 Å². The van der Waals surface area contributed by atoms with E-state index in [2.05, 4.69) is 27.9 Å². The van der Waals surface area contributed by atoms with E-state index in [1.165, 1.54) is 0 Å². The van der Waals surface area contributed by atoms with Gasteiger partial charge in [0.25, 0.3) is 0 Å². The van der Waals surface area contributed by atoms with Crippen LogP contribution in [-0.4, -0.2) is 52.6 Å². The summed E-state index contributed by atoms with van der Waals surface area (Å²) in [6, 6.07) is 12.0. The van der Waals surface area contributed by atoms with Crippen molar-refractivity contribution in [2.75, 3.05) is 33.2 Å². The fraction of sp³-hybridized carbons (Fsp3) is 0.412. The minimum Gasteiger partial charge on any atom is -0.327 e. The molecule has 2 aromatic rings. The molecule has 1 aromatic heterocycles. The number of benzene rings is 1. The maximum Gasteiger partial charge on any atom is 0.153 e. The zero-order valence-corrected chi connectivity index (χ0v) is 14.2. The molecule has 1 unspecified atom stereocenters. The van der Waals surface area contributed by atoms with Crippen molar-refractivity contribution in [3.8, 4) is 17.5 Å². The van der Waals surface area contributed by atoms with Gasteiger partial charge in [0.15, 0.2) is 5.15 Å². The van der Waals surface area contributed by atoms with Crippen molar-refractivity contribution in [2.24, 2.45) is 7.05 Å². The monoisotopic (exact) mass is 329 g/mol. The molecular formula is C17H20ClN5. The molecule has 0 saturated carbocycles. The van der Waals surface area contributed by atoms with E-state index in [0.29, 0.717) is 5.15 Å². The molecule has 0 bridgehead atoms. The van der Waals surface area contributed by atoms with Crippen molar-refractivity contribution < 1.29 is 0 Å². The fourth-order valence-electron chi connectivity index (χ4n) is 3.02. The van der Waals surface area contributed by atoms with Crippen LogP contribution in [0.15, 0.2) is 30.3 Å². The first-order valence-electron chi connectivity index (χ1n) is 7.71. The average molecular weight is 330 g/mol. The van der Waals surface area contributed by atoms with Gasteiger partial charge < -0.3 is 9.47 Å². The fourth-order valence-corrected chi connectivity index (χ4v) is 3.33. The largest absolute Gasteiger partial charge is 0.327 e. The van der Waals surface area contributed by atoms with Crippen molar-refractivity contribution >= 4 is 11.6 Å². The van der Waals surface area contributed by atoms with Crippen molar-refractivity contribution in [2.45, 2.75) is 6.04 Å². The Labute approximate surface area is 141 Å². The van der Waals surface area contributed by atoms with Gasteiger partial charge >= 0.3 is 0 Å². The molecule has 120 valence electrons. The molecule has 1 atom stereocenters. The Hall–Kier alpha value is -1.87. The Bertz CT molecular complexity index is 711. The van der Waals surface area contributed by atoms with E-state index >= 15 is 0 Å². The first-order valence-corrected chi connectivity index (χ1v) is 8.09. The Morgan fingerprint density at radius 2 is 1.78 bits per heavy atom. The van der Waals surface area contributed by atoms with E-state index in [0.717, 1.165) is 43.3 Å². The van der Waals surface area contributed by atoms with Crippen LogP contribution >= 0.6 is 11.6 Å². The summed E-state index contributed by atoms with van der Waals surface area (Å²) in [6.45, 7) is 3.63. The highest BCUT2D eigenvalue weighted by atomic mass is 35.5. The number of piperazine rings is 1. The van der Waals surface area contributed by atoms with Crippen LogP contribution in [-0.2, 0) is 7.05 Å². The van der Waals surface area contributed by atoms with E-state index < -0.39 is 0 Å². The lowest BCUT2D eigenvalue weighted by atomic mass is 10.1. The molecule has 23 heavy (non-hydrogen) atoms. The van der Waals surface area contributed by atoms with Crippen LogP contribution in [0, 0.1) is 11.3 Å². The quantitative estimate of drug-likeness (QED) is 0.868. The van der Waals surface area contributed by atoms with Gasteiger partial charge in [0, 0.05) is 38.8 Å². The molecule has 5 nitrogen and oxygen atoms in total. The summed E-state index contributed by atoms with van der Waals surface area (Å²) < 4.78 is 1.95. The van der Waals surface area contributed by atoms with E-state index in [-0.39, 0.29) is 6.04 Å². The van der Waals surface area contributed by atoms with Crippen LogP contribution in [0.5, 0.6) is 0 Å². The van der Waals surface area contributed by atoms with Crippen LogP contribution in [0.3, 0.4) is 0 Å². The number of halogens is 1. The third-order valence-corrected chi connectivity index (χ3v) is 4.69. The Balaban J connectivity index is 1.96.